The Morgan fingerprint density at radius 3 is 2.50 bits per heavy atom. The molecule has 1 aliphatic heterocycles. The first kappa shape index (κ1) is 23.4. The molecule has 1 amide bonds. The van der Waals surface area contributed by atoms with Gasteiger partial charge in [0.1, 0.15) is 10.9 Å². The number of thioether (sulfide) groups is 1. The molecule has 0 radical (unpaired) electrons. The number of halogens is 3. The van der Waals surface area contributed by atoms with Gasteiger partial charge in [0.25, 0.3) is 5.91 Å². The minimum atomic E-state index is -0.0858. The maximum absolute atomic E-state index is 12.5. The zero-order valence-electron chi connectivity index (χ0n) is 16.2. The van der Waals surface area contributed by atoms with Crippen LogP contribution in [0.4, 0.5) is 0 Å². The summed E-state index contributed by atoms with van der Waals surface area (Å²) in [6, 6.07) is 9.03. The second-order valence-corrected chi connectivity index (χ2v) is 9.56. The van der Waals surface area contributed by atoms with E-state index in [-0.39, 0.29) is 5.91 Å². The lowest BCUT2D eigenvalue weighted by Crippen LogP contribution is -2.27. The first-order valence-corrected chi connectivity index (χ1v) is 11.9. The lowest BCUT2D eigenvalue weighted by atomic mass is 10.1. The maximum atomic E-state index is 12.5. The van der Waals surface area contributed by atoms with Gasteiger partial charge < -0.3 is 9.47 Å². The van der Waals surface area contributed by atoms with E-state index in [1.807, 2.05) is 38.1 Å². The average molecular weight is 547 g/mol. The standard InChI is InChI=1S/C21H18BrCl2NO3S2/c1-3-25-20(26)19(30-21(25)29)9-13-8-17(27-4-2)18(10-14(13)22)28-11-12-5-6-15(23)16(24)7-12/h5-10H,3-4,11H2,1-2H3/b19-9-. The number of rotatable bonds is 7. The van der Waals surface area contributed by atoms with Crippen molar-refractivity contribution < 1.29 is 14.3 Å². The molecule has 9 heteroatoms. The van der Waals surface area contributed by atoms with Crippen molar-refractivity contribution >= 4 is 79.4 Å². The summed E-state index contributed by atoms with van der Waals surface area (Å²) in [5.41, 5.74) is 1.69. The van der Waals surface area contributed by atoms with Gasteiger partial charge in [-0.05, 0) is 55.3 Å². The summed E-state index contributed by atoms with van der Waals surface area (Å²) < 4.78 is 13.1. The molecular formula is C21H18BrCl2NO3S2. The molecule has 1 aliphatic rings. The molecule has 0 bridgehead atoms. The molecule has 0 N–H and O–H groups in total. The molecule has 0 saturated carbocycles. The summed E-state index contributed by atoms with van der Waals surface area (Å²) in [5.74, 6) is 1.07. The quantitative estimate of drug-likeness (QED) is 0.277. The van der Waals surface area contributed by atoms with Crippen LogP contribution in [0.3, 0.4) is 0 Å². The van der Waals surface area contributed by atoms with E-state index < -0.39 is 0 Å². The lowest BCUT2D eigenvalue weighted by molar-refractivity contribution is -0.121. The molecule has 1 fully saturated rings. The SMILES string of the molecule is CCOc1cc(/C=C2\SC(=S)N(CC)C2=O)c(Br)cc1OCc1ccc(Cl)c(Cl)c1. The highest BCUT2D eigenvalue weighted by Gasteiger charge is 2.30. The van der Waals surface area contributed by atoms with Gasteiger partial charge in [0.05, 0.1) is 21.6 Å². The molecule has 0 atom stereocenters. The second kappa shape index (κ2) is 10.4. The normalized spacial score (nSPS) is 15.2. The molecule has 1 saturated heterocycles. The number of amides is 1. The number of hydrogen-bond donors (Lipinski definition) is 0. The van der Waals surface area contributed by atoms with Gasteiger partial charge >= 0.3 is 0 Å². The van der Waals surface area contributed by atoms with Crippen molar-refractivity contribution in [1.82, 2.24) is 4.90 Å². The van der Waals surface area contributed by atoms with Crippen LogP contribution in [0, 0.1) is 0 Å². The zero-order valence-corrected chi connectivity index (χ0v) is 20.9. The largest absolute Gasteiger partial charge is 0.490 e. The third kappa shape index (κ3) is 5.32. The van der Waals surface area contributed by atoms with Crippen molar-refractivity contribution in [1.29, 1.82) is 0 Å². The number of likely N-dealkylation sites (N-methyl/N-ethyl adjacent to an activating group) is 1. The molecule has 4 nitrogen and oxygen atoms in total. The van der Waals surface area contributed by atoms with Crippen LogP contribution in [0.2, 0.25) is 10.0 Å². The number of carbonyl (C=O) groups excluding carboxylic acids is 1. The highest BCUT2D eigenvalue weighted by atomic mass is 79.9. The molecule has 0 aromatic heterocycles. The van der Waals surface area contributed by atoms with Crippen LogP contribution >= 0.6 is 63.1 Å². The Labute approximate surface area is 203 Å². The molecule has 2 aromatic rings. The Bertz CT molecular complexity index is 1030. The van der Waals surface area contributed by atoms with Gasteiger partial charge in [-0.2, -0.15) is 0 Å². The summed E-state index contributed by atoms with van der Waals surface area (Å²) >= 11 is 22.2. The number of benzene rings is 2. The Hall–Kier alpha value is -1.25. The van der Waals surface area contributed by atoms with Gasteiger partial charge in [0, 0.05) is 11.0 Å². The third-order valence-electron chi connectivity index (χ3n) is 4.22. The summed E-state index contributed by atoms with van der Waals surface area (Å²) in [6.07, 6.45) is 1.81. The molecule has 0 unspecified atom stereocenters. The van der Waals surface area contributed by atoms with Crippen molar-refractivity contribution in [3.05, 3.63) is 60.9 Å². The van der Waals surface area contributed by atoms with Crippen molar-refractivity contribution in [3.63, 3.8) is 0 Å². The van der Waals surface area contributed by atoms with Gasteiger partial charge in [0.15, 0.2) is 11.5 Å². The van der Waals surface area contributed by atoms with E-state index in [0.29, 0.717) is 50.5 Å². The molecule has 1 heterocycles. The van der Waals surface area contributed by atoms with E-state index in [0.717, 1.165) is 15.6 Å². The number of thiocarbonyl (C=S) groups is 1. The van der Waals surface area contributed by atoms with Gasteiger partial charge in [0.2, 0.25) is 0 Å². The van der Waals surface area contributed by atoms with Crippen LogP contribution in [-0.4, -0.2) is 28.3 Å². The van der Waals surface area contributed by atoms with E-state index >= 15 is 0 Å². The Balaban J connectivity index is 1.87. The van der Waals surface area contributed by atoms with Crippen LogP contribution < -0.4 is 9.47 Å². The van der Waals surface area contributed by atoms with E-state index in [9.17, 15) is 4.79 Å². The summed E-state index contributed by atoms with van der Waals surface area (Å²) in [6.45, 7) is 5.13. The fourth-order valence-electron chi connectivity index (χ4n) is 2.75. The van der Waals surface area contributed by atoms with Crippen LogP contribution in [0.25, 0.3) is 6.08 Å². The fourth-order valence-corrected chi connectivity index (χ4v) is 4.88. The number of carbonyl (C=O) groups is 1. The topological polar surface area (TPSA) is 38.8 Å². The number of nitrogens with zero attached hydrogens (tertiary/aromatic N) is 1. The Morgan fingerprint density at radius 1 is 1.13 bits per heavy atom. The third-order valence-corrected chi connectivity index (χ3v) is 7.02. The summed E-state index contributed by atoms with van der Waals surface area (Å²) in [7, 11) is 0. The average Bonchev–Trinajstić information content (AvgIpc) is 2.98. The van der Waals surface area contributed by atoms with Gasteiger partial charge in [-0.25, -0.2) is 0 Å². The highest BCUT2D eigenvalue weighted by Crippen LogP contribution is 2.38. The molecule has 0 aliphatic carbocycles. The van der Waals surface area contributed by atoms with E-state index in [1.54, 1.807) is 17.0 Å². The van der Waals surface area contributed by atoms with Crippen LogP contribution in [0.15, 0.2) is 39.7 Å². The molecule has 0 spiro atoms. The lowest BCUT2D eigenvalue weighted by Gasteiger charge is -2.14. The second-order valence-electron chi connectivity index (χ2n) is 6.22. The van der Waals surface area contributed by atoms with Crippen molar-refractivity contribution in [2.75, 3.05) is 13.2 Å². The molecule has 2 aromatic carbocycles. The molecular weight excluding hydrogens is 529 g/mol. The Morgan fingerprint density at radius 2 is 1.87 bits per heavy atom. The maximum Gasteiger partial charge on any atom is 0.266 e. The number of ether oxygens (including phenoxy) is 2. The van der Waals surface area contributed by atoms with E-state index in [2.05, 4.69) is 15.9 Å². The van der Waals surface area contributed by atoms with Crippen LogP contribution in [0.5, 0.6) is 11.5 Å². The predicted octanol–water partition coefficient (Wildman–Crippen LogP) is 6.95. The zero-order chi connectivity index (χ0) is 21.8. The minimum absolute atomic E-state index is 0.0858. The van der Waals surface area contributed by atoms with Crippen LogP contribution in [-0.2, 0) is 11.4 Å². The predicted molar refractivity (Wildman–Crippen MR) is 132 cm³/mol. The fraction of sp³-hybridized carbons (Fsp3) is 0.238. The first-order chi connectivity index (χ1) is 14.3. The summed E-state index contributed by atoms with van der Waals surface area (Å²) in [4.78, 5) is 14.7. The first-order valence-electron chi connectivity index (χ1n) is 9.12. The molecule has 30 heavy (non-hydrogen) atoms. The smallest absolute Gasteiger partial charge is 0.266 e. The van der Waals surface area contributed by atoms with Gasteiger partial charge in [-0.1, -0.05) is 69.2 Å². The number of hydrogen-bond acceptors (Lipinski definition) is 5. The van der Waals surface area contributed by atoms with E-state index in [4.69, 9.17) is 44.9 Å². The Kier molecular flexibility index (Phi) is 8.10. The van der Waals surface area contributed by atoms with Gasteiger partial charge in [-0.3, -0.25) is 9.69 Å². The molecule has 158 valence electrons. The van der Waals surface area contributed by atoms with Crippen molar-refractivity contribution in [3.8, 4) is 11.5 Å². The van der Waals surface area contributed by atoms with Crippen LogP contribution in [0.1, 0.15) is 25.0 Å². The van der Waals surface area contributed by atoms with E-state index in [1.165, 1.54) is 11.8 Å². The van der Waals surface area contributed by atoms with Crippen molar-refractivity contribution in [2.24, 2.45) is 0 Å². The molecule has 3 rings (SSSR count). The minimum Gasteiger partial charge on any atom is -0.490 e. The highest BCUT2D eigenvalue weighted by molar-refractivity contribution is 9.10. The van der Waals surface area contributed by atoms with Gasteiger partial charge in [-0.15, -0.1) is 0 Å². The summed E-state index contributed by atoms with van der Waals surface area (Å²) in [5, 5.41) is 0.972. The monoisotopic (exact) mass is 545 g/mol. The van der Waals surface area contributed by atoms with Crippen molar-refractivity contribution in [2.45, 2.75) is 20.5 Å².